The Morgan fingerprint density at radius 3 is 2.56 bits per heavy atom. The van der Waals surface area contributed by atoms with E-state index in [2.05, 4.69) is 5.32 Å². The molecule has 1 atom stereocenters. The van der Waals surface area contributed by atoms with Crippen molar-refractivity contribution in [2.45, 2.75) is 64.5 Å². The molecule has 1 aliphatic carbocycles. The van der Waals surface area contributed by atoms with E-state index in [0.717, 1.165) is 12.8 Å². The summed E-state index contributed by atoms with van der Waals surface area (Å²) in [5, 5.41) is 2.91. The van der Waals surface area contributed by atoms with E-state index in [4.69, 9.17) is 0 Å². The van der Waals surface area contributed by atoms with E-state index in [1.807, 2.05) is 18.7 Å². The minimum Gasteiger partial charge on any atom is -0.354 e. The van der Waals surface area contributed by atoms with Crippen molar-refractivity contribution in [3.8, 4) is 0 Å². The maximum absolute atomic E-state index is 12.0. The van der Waals surface area contributed by atoms with E-state index in [1.165, 1.54) is 19.3 Å². The van der Waals surface area contributed by atoms with Crippen molar-refractivity contribution in [3.63, 3.8) is 0 Å². The van der Waals surface area contributed by atoms with Crippen molar-refractivity contribution < 1.29 is 9.59 Å². The SMILES string of the molecule is CC(C)NC(=O)[C@@H]1CC(=O)N(C2CCCCC2)C1. The Morgan fingerprint density at radius 1 is 1.28 bits per heavy atom. The zero-order chi connectivity index (χ0) is 13.1. The van der Waals surface area contributed by atoms with Crippen LogP contribution in [0, 0.1) is 5.92 Å². The molecule has 4 heteroatoms. The van der Waals surface area contributed by atoms with Gasteiger partial charge in [-0.25, -0.2) is 0 Å². The Kier molecular flexibility index (Phi) is 4.25. The van der Waals surface area contributed by atoms with Crippen LogP contribution in [0.3, 0.4) is 0 Å². The van der Waals surface area contributed by atoms with Crippen LogP contribution in [0.1, 0.15) is 52.4 Å². The lowest BCUT2D eigenvalue weighted by Crippen LogP contribution is -2.40. The molecule has 1 N–H and O–H groups in total. The molecule has 0 bridgehead atoms. The van der Waals surface area contributed by atoms with E-state index < -0.39 is 0 Å². The van der Waals surface area contributed by atoms with E-state index in [-0.39, 0.29) is 23.8 Å². The molecular formula is C14H24N2O2. The van der Waals surface area contributed by atoms with Crippen LogP contribution in [0.5, 0.6) is 0 Å². The highest BCUT2D eigenvalue weighted by molar-refractivity contribution is 5.89. The van der Waals surface area contributed by atoms with Crippen molar-refractivity contribution in [2.24, 2.45) is 5.92 Å². The van der Waals surface area contributed by atoms with E-state index in [1.54, 1.807) is 0 Å². The summed E-state index contributed by atoms with van der Waals surface area (Å²) in [5.74, 6) is 0.0734. The molecule has 0 unspecified atom stereocenters. The number of hydrogen-bond donors (Lipinski definition) is 1. The van der Waals surface area contributed by atoms with Crippen LogP contribution >= 0.6 is 0 Å². The first-order valence-corrected chi connectivity index (χ1v) is 7.17. The molecule has 1 aliphatic heterocycles. The largest absolute Gasteiger partial charge is 0.354 e. The van der Waals surface area contributed by atoms with Crippen molar-refractivity contribution in [3.05, 3.63) is 0 Å². The second-order valence-electron chi connectivity index (χ2n) is 5.90. The average Bonchev–Trinajstić information content (AvgIpc) is 2.72. The zero-order valence-corrected chi connectivity index (χ0v) is 11.4. The Bertz CT molecular complexity index is 322. The molecule has 2 amide bonds. The van der Waals surface area contributed by atoms with Crippen LogP contribution in [-0.2, 0) is 9.59 Å². The molecule has 0 radical (unpaired) electrons. The van der Waals surface area contributed by atoms with E-state index in [0.29, 0.717) is 19.0 Å². The quantitative estimate of drug-likeness (QED) is 0.831. The summed E-state index contributed by atoms with van der Waals surface area (Å²) in [5.41, 5.74) is 0. The van der Waals surface area contributed by atoms with Crippen LogP contribution in [0.15, 0.2) is 0 Å². The van der Waals surface area contributed by atoms with Crippen molar-refractivity contribution in [1.82, 2.24) is 10.2 Å². The molecule has 0 aromatic rings. The normalized spacial score (nSPS) is 25.8. The molecule has 4 nitrogen and oxygen atoms in total. The van der Waals surface area contributed by atoms with Gasteiger partial charge in [-0.1, -0.05) is 19.3 Å². The maximum atomic E-state index is 12.0. The fraction of sp³-hybridized carbons (Fsp3) is 0.857. The lowest BCUT2D eigenvalue weighted by atomic mass is 9.94. The number of rotatable bonds is 3. The molecule has 2 aliphatic rings. The first-order valence-electron chi connectivity index (χ1n) is 7.17. The van der Waals surface area contributed by atoms with Gasteiger partial charge in [-0.2, -0.15) is 0 Å². The lowest BCUT2D eigenvalue weighted by Gasteiger charge is -2.31. The van der Waals surface area contributed by atoms with Gasteiger partial charge in [0.2, 0.25) is 11.8 Å². The Hall–Kier alpha value is -1.06. The molecule has 18 heavy (non-hydrogen) atoms. The Morgan fingerprint density at radius 2 is 1.94 bits per heavy atom. The lowest BCUT2D eigenvalue weighted by molar-refractivity contribution is -0.130. The Labute approximate surface area is 109 Å². The molecule has 1 heterocycles. The summed E-state index contributed by atoms with van der Waals surface area (Å²) in [6.45, 7) is 4.53. The second-order valence-corrected chi connectivity index (χ2v) is 5.90. The molecule has 1 saturated carbocycles. The number of nitrogens with one attached hydrogen (secondary N) is 1. The number of carbonyl (C=O) groups is 2. The molecule has 0 aromatic carbocycles. The first-order chi connectivity index (χ1) is 8.58. The van der Waals surface area contributed by atoms with Gasteiger partial charge >= 0.3 is 0 Å². The van der Waals surface area contributed by atoms with Gasteiger partial charge < -0.3 is 10.2 Å². The van der Waals surface area contributed by atoms with E-state index >= 15 is 0 Å². The van der Waals surface area contributed by atoms with Crippen LogP contribution < -0.4 is 5.32 Å². The van der Waals surface area contributed by atoms with Gasteiger partial charge in [0.05, 0.1) is 5.92 Å². The van der Waals surface area contributed by atoms with Gasteiger partial charge in [-0.05, 0) is 26.7 Å². The predicted octanol–water partition coefficient (Wildman–Crippen LogP) is 1.69. The van der Waals surface area contributed by atoms with Gasteiger partial charge in [0.1, 0.15) is 0 Å². The average molecular weight is 252 g/mol. The summed E-state index contributed by atoms with van der Waals surface area (Å²) in [4.78, 5) is 25.9. The highest BCUT2D eigenvalue weighted by Gasteiger charge is 2.38. The number of likely N-dealkylation sites (tertiary alicyclic amines) is 1. The number of nitrogens with zero attached hydrogens (tertiary/aromatic N) is 1. The fourth-order valence-electron chi connectivity index (χ4n) is 3.06. The molecular weight excluding hydrogens is 228 g/mol. The number of hydrogen-bond acceptors (Lipinski definition) is 2. The van der Waals surface area contributed by atoms with Crippen LogP contribution in [0.2, 0.25) is 0 Å². The molecule has 2 rings (SSSR count). The fourth-order valence-corrected chi connectivity index (χ4v) is 3.06. The number of carbonyl (C=O) groups excluding carboxylic acids is 2. The smallest absolute Gasteiger partial charge is 0.225 e. The highest BCUT2D eigenvalue weighted by Crippen LogP contribution is 2.28. The van der Waals surface area contributed by atoms with Gasteiger partial charge in [0, 0.05) is 25.0 Å². The third-order valence-corrected chi connectivity index (χ3v) is 3.98. The van der Waals surface area contributed by atoms with Gasteiger partial charge in [0.25, 0.3) is 0 Å². The topological polar surface area (TPSA) is 49.4 Å². The van der Waals surface area contributed by atoms with Crippen molar-refractivity contribution >= 4 is 11.8 Å². The minimum atomic E-state index is -0.137. The summed E-state index contributed by atoms with van der Waals surface area (Å²) in [7, 11) is 0. The van der Waals surface area contributed by atoms with Crippen LogP contribution in [-0.4, -0.2) is 35.3 Å². The van der Waals surface area contributed by atoms with Crippen LogP contribution in [0.25, 0.3) is 0 Å². The third kappa shape index (κ3) is 3.03. The number of amides is 2. The van der Waals surface area contributed by atoms with Crippen molar-refractivity contribution in [1.29, 1.82) is 0 Å². The van der Waals surface area contributed by atoms with Crippen molar-refractivity contribution in [2.75, 3.05) is 6.54 Å². The molecule has 2 fully saturated rings. The summed E-state index contributed by atoms with van der Waals surface area (Å²) in [6.07, 6.45) is 6.36. The summed E-state index contributed by atoms with van der Waals surface area (Å²) in [6, 6.07) is 0.541. The zero-order valence-electron chi connectivity index (χ0n) is 11.4. The Balaban J connectivity index is 1.91. The van der Waals surface area contributed by atoms with E-state index in [9.17, 15) is 9.59 Å². The van der Waals surface area contributed by atoms with Gasteiger partial charge in [-0.3, -0.25) is 9.59 Å². The van der Waals surface area contributed by atoms with Gasteiger partial charge in [0.15, 0.2) is 0 Å². The monoisotopic (exact) mass is 252 g/mol. The third-order valence-electron chi connectivity index (χ3n) is 3.98. The standard InChI is InChI=1S/C14H24N2O2/c1-10(2)15-14(18)11-8-13(17)16(9-11)12-6-4-3-5-7-12/h10-12H,3-9H2,1-2H3,(H,15,18)/t11-/m1/s1. The molecule has 0 spiro atoms. The summed E-state index contributed by atoms with van der Waals surface area (Å²) < 4.78 is 0. The predicted molar refractivity (Wildman–Crippen MR) is 70.0 cm³/mol. The molecule has 1 saturated heterocycles. The molecule has 0 aromatic heterocycles. The van der Waals surface area contributed by atoms with Gasteiger partial charge in [-0.15, -0.1) is 0 Å². The molecule has 102 valence electrons. The van der Waals surface area contributed by atoms with Crippen LogP contribution in [0.4, 0.5) is 0 Å². The second kappa shape index (κ2) is 5.72. The highest BCUT2D eigenvalue weighted by atomic mass is 16.2. The maximum Gasteiger partial charge on any atom is 0.225 e. The summed E-state index contributed by atoms with van der Waals surface area (Å²) >= 11 is 0. The minimum absolute atomic E-state index is 0.0386. The first kappa shape index (κ1) is 13.4.